The van der Waals surface area contributed by atoms with Crippen molar-refractivity contribution in [2.24, 2.45) is 5.73 Å². The first kappa shape index (κ1) is 13.6. The number of carbonyl (C=O) groups excluding carboxylic acids is 1. The summed E-state index contributed by atoms with van der Waals surface area (Å²) in [5.74, 6) is 0.615. The Labute approximate surface area is 123 Å². The topological polar surface area (TPSA) is 64.3 Å². The second-order valence-electron chi connectivity index (χ2n) is 5.25. The van der Waals surface area contributed by atoms with E-state index in [-0.39, 0.29) is 18.0 Å². The molecule has 0 heterocycles. The van der Waals surface area contributed by atoms with Crippen LogP contribution in [-0.2, 0) is 6.42 Å². The molecule has 2 atom stereocenters. The third kappa shape index (κ3) is 2.62. The normalized spacial score (nSPS) is 19.9. The Morgan fingerprint density at radius 1 is 1.19 bits per heavy atom. The number of hydrogen-bond acceptors (Lipinski definition) is 3. The molecule has 4 nitrogen and oxygen atoms in total. The largest absolute Gasteiger partial charge is 0.497 e. The number of nitrogens with two attached hydrogens (primary N) is 1. The summed E-state index contributed by atoms with van der Waals surface area (Å²) in [5, 5.41) is 3.03. The van der Waals surface area contributed by atoms with E-state index in [1.54, 1.807) is 31.4 Å². The number of ether oxygens (including phenoxy) is 1. The van der Waals surface area contributed by atoms with Gasteiger partial charge in [0.1, 0.15) is 5.75 Å². The maximum atomic E-state index is 12.3. The number of fused-ring (bicyclic) bond motifs is 1. The lowest BCUT2D eigenvalue weighted by Crippen LogP contribution is -2.38. The summed E-state index contributed by atoms with van der Waals surface area (Å²) in [6.45, 7) is 0. The van der Waals surface area contributed by atoms with Crippen molar-refractivity contribution >= 4 is 5.91 Å². The van der Waals surface area contributed by atoms with Crippen LogP contribution in [0.1, 0.15) is 27.5 Å². The zero-order valence-corrected chi connectivity index (χ0v) is 11.9. The Balaban J connectivity index is 1.78. The fourth-order valence-electron chi connectivity index (χ4n) is 2.78. The zero-order chi connectivity index (χ0) is 14.8. The van der Waals surface area contributed by atoms with Gasteiger partial charge in [-0.1, -0.05) is 24.3 Å². The molecule has 0 radical (unpaired) electrons. The van der Waals surface area contributed by atoms with E-state index in [1.807, 2.05) is 18.2 Å². The Hall–Kier alpha value is -2.33. The van der Waals surface area contributed by atoms with Crippen LogP contribution in [-0.4, -0.2) is 19.1 Å². The molecule has 1 aliphatic carbocycles. The van der Waals surface area contributed by atoms with E-state index in [9.17, 15) is 4.79 Å². The van der Waals surface area contributed by atoms with Crippen molar-refractivity contribution in [1.82, 2.24) is 5.32 Å². The highest BCUT2D eigenvalue weighted by atomic mass is 16.5. The van der Waals surface area contributed by atoms with Crippen LogP contribution in [0, 0.1) is 0 Å². The number of rotatable bonds is 3. The summed E-state index contributed by atoms with van der Waals surface area (Å²) in [6.07, 6.45) is 0.795. The molecule has 0 unspecified atom stereocenters. The van der Waals surface area contributed by atoms with Crippen LogP contribution < -0.4 is 15.8 Å². The van der Waals surface area contributed by atoms with Crippen molar-refractivity contribution in [3.63, 3.8) is 0 Å². The minimum absolute atomic E-state index is 0.0791. The maximum absolute atomic E-state index is 12.3. The quantitative estimate of drug-likeness (QED) is 0.905. The highest BCUT2D eigenvalue weighted by Crippen LogP contribution is 2.30. The minimum atomic E-state index is -0.129. The summed E-state index contributed by atoms with van der Waals surface area (Å²) in [7, 11) is 1.60. The Morgan fingerprint density at radius 2 is 1.90 bits per heavy atom. The molecule has 2 aromatic carbocycles. The third-order valence-electron chi connectivity index (χ3n) is 3.91. The van der Waals surface area contributed by atoms with Gasteiger partial charge in [-0.25, -0.2) is 0 Å². The second kappa shape index (κ2) is 5.58. The lowest BCUT2D eigenvalue weighted by atomic mass is 10.1. The smallest absolute Gasteiger partial charge is 0.251 e. The summed E-state index contributed by atoms with van der Waals surface area (Å²) in [4.78, 5) is 12.3. The van der Waals surface area contributed by atoms with Gasteiger partial charge in [-0.2, -0.15) is 0 Å². The summed E-state index contributed by atoms with van der Waals surface area (Å²) >= 11 is 0. The maximum Gasteiger partial charge on any atom is 0.251 e. The molecule has 1 aliphatic rings. The fraction of sp³-hybridized carbons (Fsp3) is 0.235. The van der Waals surface area contributed by atoms with Crippen molar-refractivity contribution in [2.45, 2.75) is 18.5 Å². The van der Waals surface area contributed by atoms with E-state index in [1.165, 1.54) is 5.56 Å². The third-order valence-corrected chi connectivity index (χ3v) is 3.91. The lowest BCUT2D eigenvalue weighted by molar-refractivity contribution is 0.0933. The van der Waals surface area contributed by atoms with E-state index in [0.717, 1.165) is 17.7 Å². The van der Waals surface area contributed by atoms with Gasteiger partial charge in [0.25, 0.3) is 5.91 Å². The van der Waals surface area contributed by atoms with Gasteiger partial charge in [0, 0.05) is 11.6 Å². The molecule has 2 aromatic rings. The molecule has 0 saturated heterocycles. The molecule has 0 spiro atoms. The predicted octanol–water partition coefficient (Wildman–Crippen LogP) is 2.05. The van der Waals surface area contributed by atoms with Gasteiger partial charge in [0.2, 0.25) is 0 Å². The molecule has 3 N–H and O–H groups in total. The van der Waals surface area contributed by atoms with E-state index in [2.05, 4.69) is 11.4 Å². The van der Waals surface area contributed by atoms with E-state index in [4.69, 9.17) is 10.5 Å². The second-order valence-corrected chi connectivity index (χ2v) is 5.25. The van der Waals surface area contributed by atoms with E-state index >= 15 is 0 Å². The fourth-order valence-corrected chi connectivity index (χ4v) is 2.78. The number of methoxy groups -OCH3 is 1. The monoisotopic (exact) mass is 282 g/mol. The van der Waals surface area contributed by atoms with Gasteiger partial charge in [0.15, 0.2) is 0 Å². The van der Waals surface area contributed by atoms with Crippen molar-refractivity contribution in [1.29, 1.82) is 0 Å². The van der Waals surface area contributed by atoms with Crippen LogP contribution in [0.2, 0.25) is 0 Å². The van der Waals surface area contributed by atoms with Gasteiger partial charge in [-0.05, 0) is 41.8 Å². The molecule has 0 fully saturated rings. The average Bonchev–Trinajstić information content (AvgIpc) is 2.83. The van der Waals surface area contributed by atoms with Crippen LogP contribution in [0.3, 0.4) is 0 Å². The first-order valence-corrected chi connectivity index (χ1v) is 6.97. The summed E-state index contributed by atoms with van der Waals surface area (Å²) in [6, 6.07) is 14.9. The van der Waals surface area contributed by atoms with Crippen molar-refractivity contribution in [3.8, 4) is 5.75 Å². The highest BCUT2D eigenvalue weighted by molar-refractivity contribution is 5.94. The predicted molar refractivity (Wildman–Crippen MR) is 81.3 cm³/mol. The van der Waals surface area contributed by atoms with Gasteiger partial charge in [-0.3, -0.25) is 4.79 Å². The Bertz CT molecular complexity index is 652. The van der Waals surface area contributed by atoms with Gasteiger partial charge in [-0.15, -0.1) is 0 Å². The average molecular weight is 282 g/mol. The molecule has 4 heteroatoms. The Kier molecular flexibility index (Phi) is 3.62. The van der Waals surface area contributed by atoms with Crippen LogP contribution in [0.5, 0.6) is 5.75 Å². The molecule has 108 valence electrons. The SMILES string of the molecule is COc1ccc(C(=O)N[C@@H]2c3ccccc3C[C@H]2N)cc1. The molecule has 0 bridgehead atoms. The number of hydrogen-bond donors (Lipinski definition) is 2. The van der Waals surface area contributed by atoms with E-state index < -0.39 is 0 Å². The number of carbonyl (C=O) groups is 1. The van der Waals surface area contributed by atoms with Crippen LogP contribution >= 0.6 is 0 Å². The van der Waals surface area contributed by atoms with Crippen molar-refractivity contribution in [3.05, 3.63) is 65.2 Å². The van der Waals surface area contributed by atoms with Gasteiger partial charge >= 0.3 is 0 Å². The van der Waals surface area contributed by atoms with E-state index in [0.29, 0.717) is 5.56 Å². The van der Waals surface area contributed by atoms with Crippen molar-refractivity contribution < 1.29 is 9.53 Å². The molecule has 21 heavy (non-hydrogen) atoms. The molecular formula is C17H18N2O2. The van der Waals surface area contributed by atoms with Gasteiger partial charge in [0.05, 0.1) is 13.2 Å². The number of nitrogens with one attached hydrogen (secondary N) is 1. The van der Waals surface area contributed by atoms with Crippen LogP contribution in [0.25, 0.3) is 0 Å². The lowest BCUT2D eigenvalue weighted by Gasteiger charge is -2.18. The molecular weight excluding hydrogens is 264 g/mol. The standard InChI is InChI=1S/C17H18N2O2/c1-21-13-8-6-11(7-9-13)17(20)19-16-14-5-3-2-4-12(14)10-15(16)18/h2-9,15-16H,10,18H2,1H3,(H,19,20)/t15-,16-/m1/s1. The first-order valence-electron chi connectivity index (χ1n) is 6.97. The van der Waals surface area contributed by atoms with Crippen molar-refractivity contribution in [2.75, 3.05) is 7.11 Å². The van der Waals surface area contributed by atoms with Gasteiger partial charge < -0.3 is 15.8 Å². The molecule has 0 saturated carbocycles. The summed E-state index contributed by atoms with van der Waals surface area (Å²) in [5.41, 5.74) is 9.10. The molecule has 0 aliphatic heterocycles. The molecule has 3 rings (SSSR count). The first-order chi connectivity index (χ1) is 10.2. The van der Waals surface area contributed by atoms with Crippen LogP contribution in [0.15, 0.2) is 48.5 Å². The molecule has 0 aromatic heterocycles. The number of benzene rings is 2. The summed E-state index contributed by atoms with van der Waals surface area (Å²) < 4.78 is 5.09. The van der Waals surface area contributed by atoms with Crippen LogP contribution in [0.4, 0.5) is 0 Å². The number of amides is 1. The highest BCUT2D eigenvalue weighted by Gasteiger charge is 2.30. The minimum Gasteiger partial charge on any atom is -0.497 e. The molecule has 1 amide bonds. The Morgan fingerprint density at radius 3 is 2.62 bits per heavy atom. The zero-order valence-electron chi connectivity index (χ0n) is 11.9.